The van der Waals surface area contributed by atoms with Gasteiger partial charge in [-0.25, -0.2) is 0 Å². The van der Waals surface area contributed by atoms with Gasteiger partial charge in [0.05, 0.1) is 5.69 Å². The van der Waals surface area contributed by atoms with Crippen LogP contribution < -0.4 is 25.6 Å². The molecule has 9 aromatic carbocycles. The van der Waals surface area contributed by atoms with Crippen molar-refractivity contribution in [1.29, 1.82) is 0 Å². The van der Waals surface area contributed by atoms with Gasteiger partial charge in [-0.15, -0.1) is 11.3 Å². The topological polar surface area (TPSA) is 9.72 Å². The smallest absolute Gasteiger partial charge is 0.252 e. The number of hydrogen-bond acceptors (Lipinski definition) is 4. The molecule has 2 aliphatic heterocycles. The number of thiophene rings is 1. The van der Waals surface area contributed by atoms with E-state index in [1.165, 1.54) is 115 Å². The van der Waals surface area contributed by atoms with Crippen molar-refractivity contribution in [3.63, 3.8) is 0 Å². The van der Waals surface area contributed by atoms with E-state index in [1.807, 2.05) is 11.3 Å². The van der Waals surface area contributed by atoms with Gasteiger partial charge in [0.15, 0.2) is 0 Å². The minimum absolute atomic E-state index is 0.0252. The third-order valence-electron chi connectivity index (χ3n) is 16.4. The molecule has 0 amide bonds. The molecule has 3 nitrogen and oxygen atoms in total. The van der Waals surface area contributed by atoms with Crippen molar-refractivity contribution in [1.82, 2.24) is 0 Å². The van der Waals surface area contributed by atoms with Gasteiger partial charge < -0.3 is 14.7 Å². The van der Waals surface area contributed by atoms with Gasteiger partial charge in [0.2, 0.25) is 0 Å². The van der Waals surface area contributed by atoms with Crippen LogP contribution in [0.25, 0.3) is 36.8 Å². The zero-order valence-electron chi connectivity index (χ0n) is 44.3. The first-order valence-corrected chi connectivity index (χ1v) is 27.2. The maximum absolute atomic E-state index is 2.66. The second kappa shape index (κ2) is 16.7. The predicted molar refractivity (Wildman–Crippen MR) is 321 cm³/mol. The lowest BCUT2D eigenvalue weighted by Gasteiger charge is -2.47. The summed E-state index contributed by atoms with van der Waals surface area (Å²) in [6.07, 6.45) is 0. The summed E-state index contributed by atoms with van der Waals surface area (Å²) in [5.74, 6) is 0. The fourth-order valence-electron chi connectivity index (χ4n) is 12.6. The molecule has 0 radical (unpaired) electrons. The molecule has 362 valence electrons. The lowest BCUT2D eigenvalue weighted by atomic mass is 9.32. The molecule has 5 heteroatoms. The Bertz CT molecular complexity index is 3900. The molecule has 10 aromatic rings. The maximum Gasteiger partial charge on any atom is 0.252 e. The van der Waals surface area contributed by atoms with Crippen LogP contribution in [0.3, 0.4) is 0 Å². The highest BCUT2D eigenvalue weighted by Gasteiger charge is 2.53. The van der Waals surface area contributed by atoms with Gasteiger partial charge in [-0.05, 0) is 152 Å². The van der Waals surface area contributed by atoms with E-state index in [0.29, 0.717) is 0 Å². The van der Waals surface area contributed by atoms with Crippen molar-refractivity contribution in [2.75, 3.05) is 14.7 Å². The minimum atomic E-state index is -0.285. The predicted octanol–water partition coefficient (Wildman–Crippen LogP) is 18.2. The number of benzene rings is 9. The highest BCUT2D eigenvalue weighted by atomic mass is 32.1. The lowest BCUT2D eigenvalue weighted by Crippen LogP contribution is -2.56. The normalized spacial score (nSPS) is 14.6. The molecule has 0 N–H and O–H groups in total. The first kappa shape index (κ1) is 46.2. The Kier molecular flexibility index (Phi) is 10.4. The minimum Gasteiger partial charge on any atom is -0.314 e. The molecule has 74 heavy (non-hydrogen) atoms. The second-order valence-electron chi connectivity index (χ2n) is 23.5. The van der Waals surface area contributed by atoms with Crippen molar-refractivity contribution in [3.05, 3.63) is 233 Å². The first-order chi connectivity index (χ1) is 35.6. The molecule has 0 fully saturated rings. The fourth-order valence-corrected chi connectivity index (χ4v) is 13.9. The van der Waals surface area contributed by atoms with Crippen molar-refractivity contribution < 1.29 is 0 Å². The van der Waals surface area contributed by atoms with E-state index in [2.05, 4.69) is 278 Å². The van der Waals surface area contributed by atoms with Crippen molar-refractivity contribution in [2.24, 2.45) is 0 Å². The Morgan fingerprint density at radius 1 is 0.500 bits per heavy atom. The molecule has 3 heterocycles. The molecule has 13 rings (SSSR count). The molecule has 1 aromatic heterocycles. The summed E-state index contributed by atoms with van der Waals surface area (Å²) in [6, 6.07) is 73.6. The van der Waals surface area contributed by atoms with Crippen LogP contribution >= 0.6 is 11.3 Å². The molecular formula is C69H62BN3S. The van der Waals surface area contributed by atoms with E-state index < -0.39 is 0 Å². The van der Waals surface area contributed by atoms with Crippen LogP contribution in [0.2, 0.25) is 0 Å². The Morgan fingerprint density at radius 2 is 1.09 bits per heavy atom. The van der Waals surface area contributed by atoms with E-state index in [4.69, 9.17) is 0 Å². The van der Waals surface area contributed by atoms with Gasteiger partial charge in [0, 0.05) is 71.1 Å². The quantitative estimate of drug-likeness (QED) is 0.154. The maximum atomic E-state index is 2.66. The Morgan fingerprint density at radius 3 is 1.81 bits per heavy atom. The fraction of sp³-hybridized carbons (Fsp3) is 0.188. The average molecular weight is 976 g/mol. The molecule has 0 bridgehead atoms. The second-order valence-corrected chi connectivity index (χ2v) is 24.5. The van der Waals surface area contributed by atoms with Crippen molar-refractivity contribution >= 4 is 100 Å². The van der Waals surface area contributed by atoms with Crippen LogP contribution in [0.15, 0.2) is 200 Å². The highest BCUT2D eigenvalue weighted by molar-refractivity contribution is 7.26. The Hall–Kier alpha value is -7.60. The van der Waals surface area contributed by atoms with Crippen LogP contribution in [0, 0.1) is 13.8 Å². The van der Waals surface area contributed by atoms with Crippen molar-refractivity contribution in [2.45, 2.75) is 85.5 Å². The van der Waals surface area contributed by atoms with E-state index >= 15 is 0 Å². The Balaban J connectivity index is 1.06. The van der Waals surface area contributed by atoms with E-state index in [1.54, 1.807) is 0 Å². The zero-order valence-corrected chi connectivity index (χ0v) is 45.1. The van der Waals surface area contributed by atoms with Gasteiger partial charge in [0.1, 0.15) is 0 Å². The zero-order chi connectivity index (χ0) is 51.0. The van der Waals surface area contributed by atoms with E-state index in [9.17, 15) is 0 Å². The summed E-state index contributed by atoms with van der Waals surface area (Å²) in [7, 11) is 0. The average Bonchev–Trinajstić information content (AvgIpc) is 3.92. The number of fused-ring (bicyclic) bond motifs is 8. The van der Waals surface area contributed by atoms with Crippen LogP contribution in [0.4, 0.5) is 45.5 Å². The van der Waals surface area contributed by atoms with E-state index in [-0.39, 0.29) is 23.0 Å². The number of nitrogens with zero attached hydrogens (tertiary/aromatic N) is 3. The number of aryl methyl sites for hydroxylation is 2. The number of rotatable bonds is 6. The Labute approximate surface area is 442 Å². The largest absolute Gasteiger partial charge is 0.314 e. The highest BCUT2D eigenvalue weighted by Crippen LogP contribution is 2.57. The first-order valence-electron chi connectivity index (χ1n) is 26.4. The number of hydrogen-bond donors (Lipinski definition) is 0. The summed E-state index contributed by atoms with van der Waals surface area (Å²) in [6.45, 7) is 23.5. The number of para-hydroxylation sites is 2. The van der Waals surface area contributed by atoms with Crippen molar-refractivity contribution in [3.8, 4) is 11.1 Å². The van der Waals surface area contributed by atoms with Gasteiger partial charge in [-0.3, -0.25) is 0 Å². The van der Waals surface area contributed by atoms with Gasteiger partial charge >= 0.3 is 0 Å². The molecule has 0 atom stereocenters. The summed E-state index contributed by atoms with van der Waals surface area (Å²) >= 11 is 1.89. The summed E-state index contributed by atoms with van der Waals surface area (Å²) in [5.41, 5.74) is 24.9. The van der Waals surface area contributed by atoms with Gasteiger partial charge in [0.25, 0.3) is 6.71 Å². The summed E-state index contributed by atoms with van der Waals surface area (Å²) < 4.78 is 2.65. The third-order valence-corrected chi connectivity index (χ3v) is 17.6. The summed E-state index contributed by atoms with van der Waals surface area (Å²) in [5, 5.41) is 2.64. The van der Waals surface area contributed by atoms with Crippen LogP contribution in [-0.2, 0) is 16.2 Å². The number of anilines is 8. The van der Waals surface area contributed by atoms with Gasteiger partial charge in [-0.1, -0.05) is 183 Å². The third kappa shape index (κ3) is 7.07. The molecule has 1 aliphatic carbocycles. The van der Waals surface area contributed by atoms with Gasteiger partial charge in [-0.2, -0.15) is 0 Å². The molecule has 0 saturated carbocycles. The molecule has 0 spiro atoms. The lowest BCUT2D eigenvalue weighted by molar-refractivity contribution is 0.589. The summed E-state index contributed by atoms with van der Waals surface area (Å²) in [4.78, 5) is 7.75. The van der Waals surface area contributed by atoms with E-state index in [0.717, 1.165) is 17.1 Å². The molecule has 0 saturated heterocycles. The molecule has 0 unspecified atom stereocenters. The standard InChI is InChI=1S/C69H62BN3S/c1-43-20-18-21-44(2)64(43)73-58-42-51(71(48-22-12-11-13-23-48)49-34-30-45(31-35-49)52-26-19-27-54-53-24-15-17-29-61(53)74-65(52)54)38-39-57(58)70-62-55-25-14-16-28-56(55)69(9,10)66(62)72(50-36-32-46(33-37-50)67(3,4)5)59-40-47(68(6,7)8)41-60(73)63(59)70/h11-42H,1-10H3. The van der Waals surface area contributed by atoms with Crippen LogP contribution in [-0.4, -0.2) is 6.71 Å². The van der Waals surface area contributed by atoms with Crippen LogP contribution in [0.1, 0.15) is 88.8 Å². The van der Waals surface area contributed by atoms with Crippen LogP contribution in [0.5, 0.6) is 0 Å². The number of allylic oxidation sites excluding steroid dienone is 1. The monoisotopic (exact) mass is 975 g/mol. The molecule has 3 aliphatic rings. The SMILES string of the molecule is Cc1cccc(C)c1N1c2cc(N(c3ccccc3)c3ccc(-c4cccc5c4sc4ccccc45)cc3)ccc2B2C3=C(N(c4ccc(C(C)(C)C)cc4)c4cc(C(C)(C)C)cc1c42)C(C)(C)c1ccccc13. The molecular weight excluding hydrogens is 914 g/mol.